The first kappa shape index (κ1) is 24.2. The number of nitro groups is 2. The van der Waals surface area contributed by atoms with E-state index >= 15 is 0 Å². The Bertz CT molecular complexity index is 1250. The van der Waals surface area contributed by atoms with Gasteiger partial charge in [-0.2, -0.15) is 0 Å². The van der Waals surface area contributed by atoms with E-state index in [1.165, 1.54) is 24.3 Å². The van der Waals surface area contributed by atoms with Crippen molar-refractivity contribution in [1.82, 2.24) is 0 Å². The van der Waals surface area contributed by atoms with Gasteiger partial charge in [0.15, 0.2) is 11.5 Å². The van der Waals surface area contributed by atoms with Crippen molar-refractivity contribution in [2.75, 3.05) is 23.7 Å². The topological polar surface area (TPSA) is 154 Å². The second-order valence-electron chi connectivity index (χ2n) is 7.82. The summed E-state index contributed by atoms with van der Waals surface area (Å²) >= 11 is 0. The summed E-state index contributed by atoms with van der Waals surface area (Å²) in [4.78, 5) is 33.2. The van der Waals surface area contributed by atoms with Crippen LogP contribution in [0.3, 0.4) is 0 Å². The number of hydrogen-bond acceptors (Lipinski definition) is 9. The summed E-state index contributed by atoms with van der Waals surface area (Å²) in [6.07, 6.45) is 1.03. The van der Waals surface area contributed by atoms with Gasteiger partial charge in [0.25, 0.3) is 17.2 Å². The summed E-state index contributed by atoms with van der Waals surface area (Å²) in [5.74, 6) is 1.22. The third kappa shape index (κ3) is 6.14. The fraction of sp³-hybridized carbons (Fsp3) is 0.160. The molecular formula is C25H22N4O7. The van der Waals surface area contributed by atoms with Crippen LogP contribution < -0.4 is 10.6 Å². The second-order valence-corrected chi connectivity index (χ2v) is 7.82. The number of non-ortho nitro benzene ring substituents is 2. The first-order valence-electron chi connectivity index (χ1n) is 11.1. The average Bonchev–Trinajstić information content (AvgIpc) is 3.54. The van der Waals surface area contributed by atoms with Crippen molar-refractivity contribution in [3.8, 4) is 0 Å². The average molecular weight is 490 g/mol. The fourth-order valence-electron chi connectivity index (χ4n) is 3.45. The monoisotopic (exact) mass is 490 g/mol. The van der Waals surface area contributed by atoms with Gasteiger partial charge in [-0.25, -0.2) is 0 Å². The molecule has 184 valence electrons. The number of rotatable bonds is 12. The maximum Gasteiger partial charge on any atom is 0.269 e. The minimum Gasteiger partial charge on any atom is -0.457 e. The lowest BCUT2D eigenvalue weighted by atomic mass is 10.2. The number of nitrogens with zero attached hydrogens (tertiary/aromatic N) is 2. The molecule has 0 spiro atoms. The molecule has 2 N–H and O–H groups in total. The van der Waals surface area contributed by atoms with Crippen LogP contribution in [-0.2, 0) is 12.8 Å². The highest BCUT2D eigenvalue weighted by Gasteiger charge is 2.18. The van der Waals surface area contributed by atoms with Crippen molar-refractivity contribution in [3.63, 3.8) is 0 Å². The van der Waals surface area contributed by atoms with Gasteiger partial charge in [-0.3, -0.25) is 25.0 Å². The molecule has 0 fully saturated rings. The van der Waals surface area contributed by atoms with E-state index in [1.807, 2.05) is 0 Å². The minimum absolute atomic E-state index is 0.0246. The van der Waals surface area contributed by atoms with Crippen molar-refractivity contribution in [2.45, 2.75) is 12.8 Å². The molecule has 2 aromatic heterocycles. The number of furan rings is 2. The molecule has 0 aliphatic heterocycles. The summed E-state index contributed by atoms with van der Waals surface area (Å²) in [6, 6.07) is 18.9. The van der Waals surface area contributed by atoms with Crippen LogP contribution in [0.15, 0.2) is 81.6 Å². The Kier molecular flexibility index (Phi) is 7.39. The molecule has 36 heavy (non-hydrogen) atoms. The molecule has 11 nitrogen and oxygen atoms in total. The molecule has 4 rings (SSSR count). The van der Waals surface area contributed by atoms with Crippen molar-refractivity contribution >= 4 is 28.5 Å². The molecule has 2 aromatic carbocycles. The Balaban J connectivity index is 1.24. The van der Waals surface area contributed by atoms with Gasteiger partial charge in [-0.05, 0) is 48.5 Å². The molecule has 2 heterocycles. The van der Waals surface area contributed by atoms with Gasteiger partial charge in [0.2, 0.25) is 0 Å². The smallest absolute Gasteiger partial charge is 0.269 e. The van der Waals surface area contributed by atoms with Crippen molar-refractivity contribution < 1.29 is 23.5 Å². The van der Waals surface area contributed by atoms with Crippen molar-refractivity contribution in [2.24, 2.45) is 0 Å². The maximum atomic E-state index is 12.7. The highest BCUT2D eigenvalue weighted by atomic mass is 16.6. The zero-order valence-electron chi connectivity index (χ0n) is 19.0. The zero-order chi connectivity index (χ0) is 25.5. The molecule has 0 saturated heterocycles. The van der Waals surface area contributed by atoms with E-state index in [0.717, 1.165) is 11.4 Å². The van der Waals surface area contributed by atoms with Crippen molar-refractivity contribution in [3.05, 3.63) is 116 Å². The largest absolute Gasteiger partial charge is 0.457 e. The number of benzene rings is 2. The van der Waals surface area contributed by atoms with E-state index in [2.05, 4.69) is 10.6 Å². The summed E-state index contributed by atoms with van der Waals surface area (Å²) in [7, 11) is 0. The summed E-state index contributed by atoms with van der Waals surface area (Å²) in [5, 5.41) is 27.7. The van der Waals surface area contributed by atoms with E-state index in [4.69, 9.17) is 8.83 Å². The molecule has 0 unspecified atom stereocenters. The van der Waals surface area contributed by atoms with E-state index in [-0.39, 0.29) is 28.7 Å². The van der Waals surface area contributed by atoms with Gasteiger partial charge >= 0.3 is 0 Å². The Hall–Kier alpha value is -4.93. The Morgan fingerprint density at radius 2 is 1.03 bits per heavy atom. The maximum absolute atomic E-state index is 12.7. The van der Waals surface area contributed by atoms with Crippen LogP contribution in [0.2, 0.25) is 0 Å². The highest BCUT2D eigenvalue weighted by Crippen LogP contribution is 2.19. The SMILES string of the molecule is O=C(c1ccc(CCNc2ccc([N+](=O)[O-])cc2)o1)c1ccc(CCNc2ccc([N+](=O)[O-])cc2)o1. The summed E-state index contributed by atoms with van der Waals surface area (Å²) in [6.45, 7) is 1.04. The molecule has 0 aliphatic rings. The van der Waals surface area contributed by atoms with Crippen LogP contribution in [0.4, 0.5) is 22.7 Å². The molecular weight excluding hydrogens is 468 g/mol. The zero-order valence-corrected chi connectivity index (χ0v) is 19.0. The molecule has 0 aliphatic carbocycles. The van der Waals surface area contributed by atoms with Gasteiger partial charge in [0, 0.05) is 61.6 Å². The summed E-state index contributed by atoms with van der Waals surface area (Å²) in [5.41, 5.74) is 1.54. The van der Waals surface area contributed by atoms with Crippen LogP contribution in [0.25, 0.3) is 0 Å². The van der Waals surface area contributed by atoms with E-state index < -0.39 is 9.85 Å². The first-order valence-corrected chi connectivity index (χ1v) is 11.1. The third-order valence-electron chi connectivity index (χ3n) is 5.33. The Morgan fingerprint density at radius 3 is 1.39 bits per heavy atom. The second kappa shape index (κ2) is 11.0. The third-order valence-corrected chi connectivity index (χ3v) is 5.33. The predicted octanol–water partition coefficient (Wildman–Crippen LogP) is 5.23. The molecule has 0 bridgehead atoms. The van der Waals surface area contributed by atoms with Crippen molar-refractivity contribution in [1.29, 1.82) is 0 Å². The number of hydrogen-bond donors (Lipinski definition) is 2. The Labute approximate surface area is 205 Å². The van der Waals surface area contributed by atoms with Crippen LogP contribution >= 0.6 is 0 Å². The summed E-state index contributed by atoms with van der Waals surface area (Å²) < 4.78 is 11.3. The minimum atomic E-state index is -0.452. The highest BCUT2D eigenvalue weighted by molar-refractivity contribution is 6.05. The number of carbonyl (C=O) groups excluding carboxylic acids is 1. The molecule has 0 saturated carbocycles. The quantitative estimate of drug-likeness (QED) is 0.154. The van der Waals surface area contributed by atoms with Crippen LogP contribution in [0, 0.1) is 20.2 Å². The molecule has 0 atom stereocenters. The number of ketones is 1. The fourth-order valence-corrected chi connectivity index (χ4v) is 3.45. The van der Waals surface area contributed by atoms with Gasteiger partial charge < -0.3 is 19.5 Å². The van der Waals surface area contributed by atoms with Gasteiger partial charge in [-0.1, -0.05) is 0 Å². The normalized spacial score (nSPS) is 10.7. The van der Waals surface area contributed by atoms with E-state index in [1.54, 1.807) is 48.5 Å². The van der Waals surface area contributed by atoms with Gasteiger partial charge in [-0.15, -0.1) is 0 Å². The van der Waals surface area contributed by atoms with E-state index in [9.17, 15) is 25.0 Å². The lowest BCUT2D eigenvalue weighted by molar-refractivity contribution is -0.385. The lowest BCUT2D eigenvalue weighted by Crippen LogP contribution is -2.04. The standard InChI is InChI=1S/C25H22N4O7/c30-25(23-11-9-21(35-23)13-15-26-17-1-5-19(6-2-17)28(31)32)24-12-10-22(36-24)14-16-27-18-3-7-20(8-4-18)29(33)34/h1-12,26-27H,13-16H2. The molecule has 0 radical (unpaired) electrons. The number of nitro benzene ring substituents is 2. The van der Waals surface area contributed by atoms with Crippen LogP contribution in [0.5, 0.6) is 0 Å². The number of anilines is 2. The van der Waals surface area contributed by atoms with Crippen LogP contribution in [-0.4, -0.2) is 28.7 Å². The lowest BCUT2D eigenvalue weighted by Gasteiger charge is -2.04. The Morgan fingerprint density at radius 1 is 0.639 bits per heavy atom. The first-order chi connectivity index (χ1) is 17.4. The molecule has 11 heteroatoms. The molecule has 0 amide bonds. The molecule has 4 aromatic rings. The van der Waals surface area contributed by atoms with Gasteiger partial charge in [0.1, 0.15) is 11.5 Å². The number of carbonyl (C=O) groups is 1. The van der Waals surface area contributed by atoms with Crippen LogP contribution in [0.1, 0.15) is 27.8 Å². The van der Waals surface area contributed by atoms with E-state index in [0.29, 0.717) is 37.5 Å². The van der Waals surface area contributed by atoms with Gasteiger partial charge in [0.05, 0.1) is 9.85 Å². The number of nitrogens with one attached hydrogen (secondary N) is 2. The predicted molar refractivity (Wildman–Crippen MR) is 131 cm³/mol.